The molecular weight excluding hydrogens is 236 g/mol. The lowest BCUT2D eigenvalue weighted by atomic mass is 9.88. The second-order valence-electron chi connectivity index (χ2n) is 5.32. The fourth-order valence-electron chi connectivity index (χ4n) is 2.87. The number of likely N-dealkylation sites (N-methyl/N-ethyl adjacent to an activating group) is 1. The van der Waals surface area contributed by atoms with Gasteiger partial charge in [-0.1, -0.05) is 19.3 Å². The van der Waals surface area contributed by atoms with Crippen molar-refractivity contribution in [1.82, 2.24) is 9.80 Å². The Hall–Kier alpha value is -0.280. The topological polar surface area (TPSA) is 23.6 Å². The van der Waals surface area contributed by atoms with Gasteiger partial charge in [-0.2, -0.15) is 0 Å². The summed E-state index contributed by atoms with van der Waals surface area (Å²) in [5, 5.41) is 0. The van der Waals surface area contributed by atoms with Gasteiger partial charge in [0.15, 0.2) is 0 Å². The van der Waals surface area contributed by atoms with E-state index in [4.69, 9.17) is 0 Å². The molecule has 0 bridgehead atoms. The predicted molar refractivity (Wildman–Crippen MR) is 72.5 cm³/mol. The molecule has 1 aliphatic heterocycles. The third-order valence-electron chi connectivity index (χ3n) is 3.99. The van der Waals surface area contributed by atoms with Gasteiger partial charge in [-0.25, -0.2) is 0 Å². The number of rotatable bonds is 1. The second kappa shape index (κ2) is 7.22. The van der Waals surface area contributed by atoms with Crippen LogP contribution in [0.2, 0.25) is 0 Å². The molecule has 0 aromatic rings. The smallest absolute Gasteiger partial charge is 0.225 e. The summed E-state index contributed by atoms with van der Waals surface area (Å²) in [7, 11) is 2.15. The van der Waals surface area contributed by atoms with Gasteiger partial charge >= 0.3 is 0 Å². The van der Waals surface area contributed by atoms with E-state index in [1.54, 1.807) is 0 Å². The van der Waals surface area contributed by atoms with Gasteiger partial charge in [0.25, 0.3) is 0 Å². The number of halogens is 1. The molecule has 0 atom stereocenters. The zero-order valence-electron chi connectivity index (χ0n) is 10.9. The zero-order chi connectivity index (χ0) is 11.4. The summed E-state index contributed by atoms with van der Waals surface area (Å²) in [6.45, 7) is 4.08. The maximum Gasteiger partial charge on any atom is 0.225 e. The summed E-state index contributed by atoms with van der Waals surface area (Å²) >= 11 is 0. The van der Waals surface area contributed by atoms with Crippen molar-refractivity contribution in [3.63, 3.8) is 0 Å². The summed E-state index contributed by atoms with van der Waals surface area (Å²) in [6.07, 6.45) is 7.23. The van der Waals surface area contributed by atoms with Crippen LogP contribution in [0, 0.1) is 5.92 Å². The van der Waals surface area contributed by atoms with Gasteiger partial charge in [0, 0.05) is 25.6 Å². The quantitative estimate of drug-likeness (QED) is 0.721. The monoisotopic (exact) mass is 260 g/mol. The Kier molecular flexibility index (Phi) is 6.28. The van der Waals surface area contributed by atoms with Crippen molar-refractivity contribution in [2.24, 2.45) is 5.92 Å². The zero-order valence-corrected chi connectivity index (χ0v) is 11.7. The Morgan fingerprint density at radius 2 is 1.65 bits per heavy atom. The van der Waals surface area contributed by atoms with E-state index in [1.165, 1.54) is 19.3 Å². The van der Waals surface area contributed by atoms with E-state index >= 15 is 0 Å². The van der Waals surface area contributed by atoms with Gasteiger partial charge in [-0.05, 0) is 32.9 Å². The average Bonchev–Trinajstić information content (AvgIpc) is 2.54. The van der Waals surface area contributed by atoms with Crippen molar-refractivity contribution in [3.8, 4) is 0 Å². The van der Waals surface area contributed by atoms with Crippen molar-refractivity contribution in [2.45, 2.75) is 38.5 Å². The van der Waals surface area contributed by atoms with E-state index in [1.807, 2.05) is 0 Å². The molecule has 0 N–H and O–H groups in total. The van der Waals surface area contributed by atoms with Crippen molar-refractivity contribution >= 4 is 18.3 Å². The molecule has 0 aromatic heterocycles. The van der Waals surface area contributed by atoms with Crippen LogP contribution in [0.25, 0.3) is 0 Å². The molecule has 100 valence electrons. The number of carbonyl (C=O) groups is 1. The molecule has 1 saturated carbocycles. The van der Waals surface area contributed by atoms with Gasteiger partial charge in [-0.3, -0.25) is 4.79 Å². The molecule has 3 nitrogen and oxygen atoms in total. The molecule has 1 heterocycles. The molecule has 1 aliphatic carbocycles. The summed E-state index contributed by atoms with van der Waals surface area (Å²) in [5.74, 6) is 0.784. The molecule has 4 heteroatoms. The van der Waals surface area contributed by atoms with Crippen LogP contribution in [0.3, 0.4) is 0 Å². The molecule has 17 heavy (non-hydrogen) atoms. The second-order valence-corrected chi connectivity index (χ2v) is 5.32. The van der Waals surface area contributed by atoms with Crippen LogP contribution in [0.15, 0.2) is 0 Å². The van der Waals surface area contributed by atoms with Crippen molar-refractivity contribution in [1.29, 1.82) is 0 Å². The van der Waals surface area contributed by atoms with E-state index < -0.39 is 0 Å². The predicted octanol–water partition coefficient (Wildman–Crippen LogP) is 2.15. The number of nitrogens with zero attached hydrogens (tertiary/aromatic N) is 2. The summed E-state index contributed by atoms with van der Waals surface area (Å²) in [4.78, 5) is 16.8. The van der Waals surface area contributed by atoms with E-state index in [9.17, 15) is 4.79 Å². The molecule has 0 unspecified atom stereocenters. The number of amides is 1. The summed E-state index contributed by atoms with van der Waals surface area (Å²) in [5.41, 5.74) is 0. The Bertz CT molecular complexity index is 242. The maximum absolute atomic E-state index is 12.3. The minimum absolute atomic E-state index is 0. The summed E-state index contributed by atoms with van der Waals surface area (Å²) in [6, 6.07) is 0. The molecule has 0 aromatic carbocycles. The van der Waals surface area contributed by atoms with Gasteiger partial charge < -0.3 is 9.80 Å². The van der Waals surface area contributed by atoms with E-state index in [-0.39, 0.29) is 12.4 Å². The number of carbonyl (C=O) groups excluding carboxylic acids is 1. The summed E-state index contributed by atoms with van der Waals surface area (Å²) < 4.78 is 0. The Labute approximate surface area is 111 Å². The van der Waals surface area contributed by atoms with Crippen LogP contribution in [0.5, 0.6) is 0 Å². The standard InChI is InChI=1S/C13H24N2O.ClH/c1-14-8-5-9-15(11-10-14)13(16)12-6-3-2-4-7-12;/h12H,2-11H2,1H3;1H. The van der Waals surface area contributed by atoms with Crippen molar-refractivity contribution in [3.05, 3.63) is 0 Å². The highest BCUT2D eigenvalue weighted by molar-refractivity contribution is 5.85. The van der Waals surface area contributed by atoms with E-state index in [0.717, 1.165) is 45.4 Å². The van der Waals surface area contributed by atoms with E-state index in [0.29, 0.717) is 11.8 Å². The molecule has 1 amide bonds. The minimum atomic E-state index is 0. The van der Waals surface area contributed by atoms with E-state index in [2.05, 4.69) is 16.8 Å². The lowest BCUT2D eigenvalue weighted by molar-refractivity contribution is -0.136. The molecule has 0 radical (unpaired) electrons. The molecule has 2 rings (SSSR count). The first-order valence-corrected chi connectivity index (χ1v) is 6.75. The first-order valence-electron chi connectivity index (χ1n) is 6.75. The van der Waals surface area contributed by atoms with Gasteiger partial charge in [0.2, 0.25) is 5.91 Å². The van der Waals surface area contributed by atoms with Gasteiger partial charge in [-0.15, -0.1) is 12.4 Å². The third kappa shape index (κ3) is 4.14. The first kappa shape index (κ1) is 14.8. The molecular formula is C13H25ClN2O. The number of hydrogen-bond donors (Lipinski definition) is 0. The maximum atomic E-state index is 12.3. The average molecular weight is 261 g/mol. The number of hydrogen-bond acceptors (Lipinski definition) is 2. The fraction of sp³-hybridized carbons (Fsp3) is 0.923. The molecule has 0 spiro atoms. The Morgan fingerprint density at radius 1 is 0.941 bits per heavy atom. The largest absolute Gasteiger partial charge is 0.341 e. The highest BCUT2D eigenvalue weighted by Crippen LogP contribution is 2.25. The van der Waals surface area contributed by atoms with Gasteiger partial charge in [0.05, 0.1) is 0 Å². The van der Waals surface area contributed by atoms with Crippen LogP contribution in [0.4, 0.5) is 0 Å². The fourth-order valence-corrected chi connectivity index (χ4v) is 2.87. The normalized spacial score (nSPS) is 23.9. The van der Waals surface area contributed by atoms with Crippen molar-refractivity contribution < 1.29 is 4.79 Å². The minimum Gasteiger partial charge on any atom is -0.341 e. The SMILES string of the molecule is CN1CCCN(C(=O)C2CCCCC2)CC1.Cl. The molecule has 2 fully saturated rings. The Morgan fingerprint density at radius 3 is 2.35 bits per heavy atom. The lowest BCUT2D eigenvalue weighted by Crippen LogP contribution is -2.39. The van der Waals surface area contributed by atoms with Crippen LogP contribution in [-0.2, 0) is 4.79 Å². The molecule has 1 saturated heterocycles. The van der Waals surface area contributed by atoms with Gasteiger partial charge in [0.1, 0.15) is 0 Å². The van der Waals surface area contributed by atoms with Crippen molar-refractivity contribution in [2.75, 3.05) is 33.2 Å². The lowest BCUT2D eigenvalue weighted by Gasteiger charge is -2.28. The van der Waals surface area contributed by atoms with Crippen LogP contribution >= 0.6 is 12.4 Å². The highest BCUT2D eigenvalue weighted by atomic mass is 35.5. The molecule has 2 aliphatic rings. The van der Waals surface area contributed by atoms with Crippen LogP contribution in [0.1, 0.15) is 38.5 Å². The van der Waals surface area contributed by atoms with Crippen LogP contribution < -0.4 is 0 Å². The van der Waals surface area contributed by atoms with Crippen LogP contribution in [-0.4, -0.2) is 48.9 Å². The first-order chi connectivity index (χ1) is 7.77. The third-order valence-corrected chi connectivity index (χ3v) is 3.99. The Balaban J connectivity index is 0.00000144. The highest BCUT2D eigenvalue weighted by Gasteiger charge is 2.26.